The van der Waals surface area contributed by atoms with Gasteiger partial charge >= 0.3 is 18.5 Å². The molecule has 0 saturated heterocycles. The van der Waals surface area contributed by atoms with Crippen molar-refractivity contribution in [1.82, 2.24) is 0 Å². The Bertz CT molecular complexity index is 1300. The molecule has 3 rings (SSSR count). The molecule has 0 spiro atoms. The zero-order valence-electron chi connectivity index (χ0n) is 24.4. The maximum atomic E-state index is 13.2. The highest BCUT2D eigenvalue weighted by molar-refractivity contribution is 7.97. The molecule has 0 radical (unpaired) electrons. The summed E-state index contributed by atoms with van der Waals surface area (Å²) in [6, 6.07) is 17.1. The van der Waals surface area contributed by atoms with Crippen LogP contribution in [-0.2, 0) is 10.9 Å². The van der Waals surface area contributed by atoms with Crippen molar-refractivity contribution in [2.75, 3.05) is 19.8 Å². The van der Waals surface area contributed by atoms with Crippen LogP contribution in [0.3, 0.4) is 0 Å². The van der Waals surface area contributed by atoms with Crippen LogP contribution < -0.4 is 14.2 Å². The minimum atomic E-state index is -5.00. The molecule has 0 saturated carbocycles. The highest BCUT2D eigenvalue weighted by Crippen LogP contribution is 2.38. The van der Waals surface area contributed by atoms with Gasteiger partial charge in [0.2, 0.25) is 0 Å². The smallest absolute Gasteiger partial charge is 0.420 e. The highest BCUT2D eigenvalue weighted by Gasteiger charge is 2.52. The molecule has 0 bridgehead atoms. The van der Waals surface area contributed by atoms with Crippen molar-refractivity contribution in [3.8, 4) is 17.2 Å². The largest absolute Gasteiger partial charge is 0.490 e. The van der Waals surface area contributed by atoms with Gasteiger partial charge in [0, 0.05) is 18.2 Å². The topological polar surface area (TPSA) is 88.4 Å². The molecule has 3 N–H and O–H groups in total. The zero-order valence-corrected chi connectivity index (χ0v) is 25.2. The molecule has 3 atom stereocenters. The van der Waals surface area contributed by atoms with E-state index in [0.29, 0.717) is 35.5 Å². The molecule has 0 aromatic heterocycles. The Morgan fingerprint density at radius 1 is 0.478 bits per heavy atom. The molecule has 46 heavy (non-hydrogen) atoms. The zero-order chi connectivity index (χ0) is 34.8. The second-order valence-electron chi connectivity index (χ2n) is 10.9. The van der Waals surface area contributed by atoms with Crippen molar-refractivity contribution in [2.24, 2.45) is 0 Å². The minimum absolute atomic E-state index is 0.0817. The van der Waals surface area contributed by atoms with E-state index >= 15 is 0 Å². The van der Waals surface area contributed by atoms with Crippen LogP contribution in [0.4, 0.5) is 39.5 Å². The van der Waals surface area contributed by atoms with E-state index in [0.717, 1.165) is 0 Å². The Morgan fingerprint density at radius 2 is 0.717 bits per heavy atom. The third-order valence-electron chi connectivity index (χ3n) is 6.52. The van der Waals surface area contributed by atoms with Crippen LogP contribution in [0.5, 0.6) is 17.2 Å². The number of ether oxygens (including phenoxy) is 3. The molecule has 0 heterocycles. The monoisotopic (exact) mass is 689 g/mol. The van der Waals surface area contributed by atoms with E-state index < -0.39 is 66.0 Å². The summed E-state index contributed by atoms with van der Waals surface area (Å²) in [4.78, 5) is 1.13. The Hall–Kier alpha value is -3.34. The lowest BCUT2D eigenvalue weighted by atomic mass is 10.1. The minimum Gasteiger partial charge on any atom is -0.490 e. The fourth-order valence-electron chi connectivity index (χ4n) is 3.40. The summed E-state index contributed by atoms with van der Waals surface area (Å²) in [5.41, 5.74) is -9.55. The Morgan fingerprint density at radius 3 is 0.935 bits per heavy atom. The van der Waals surface area contributed by atoms with Gasteiger partial charge in [0.15, 0.2) is 31.5 Å². The normalized spacial score (nSPS) is 17.3. The van der Waals surface area contributed by atoms with Gasteiger partial charge in [0.25, 0.3) is 0 Å². The Labute approximate surface area is 260 Å². The van der Waals surface area contributed by atoms with Crippen LogP contribution in [0.15, 0.2) is 87.5 Å². The highest BCUT2D eigenvalue weighted by atomic mass is 32.2. The number of halogens is 9. The Balaban J connectivity index is 2.03. The molecule has 16 heteroatoms. The summed E-state index contributed by atoms with van der Waals surface area (Å²) in [6.07, 6.45) is -15.0. The molecule has 0 fully saturated rings. The molecule has 6 nitrogen and oxygen atoms in total. The molecule has 0 amide bonds. The molecule has 3 aromatic carbocycles. The quantitative estimate of drug-likeness (QED) is 0.142. The third kappa shape index (κ3) is 9.14. The van der Waals surface area contributed by atoms with Crippen LogP contribution in [-0.4, -0.2) is 70.5 Å². The number of rotatable bonds is 12. The molecule has 254 valence electrons. The number of alkyl halides is 9. The second kappa shape index (κ2) is 13.4. The van der Waals surface area contributed by atoms with Crippen molar-refractivity contribution in [3.63, 3.8) is 0 Å². The average molecular weight is 690 g/mol. The second-order valence-corrected chi connectivity index (χ2v) is 12.9. The fourth-order valence-corrected chi connectivity index (χ4v) is 5.56. The van der Waals surface area contributed by atoms with E-state index in [4.69, 9.17) is 14.2 Å². The molecule has 0 aliphatic heterocycles. The van der Waals surface area contributed by atoms with Crippen LogP contribution in [0, 0.1) is 0 Å². The van der Waals surface area contributed by atoms with Crippen LogP contribution >= 0.6 is 0 Å². The first-order valence-electron chi connectivity index (χ1n) is 13.2. The number of aliphatic hydroxyl groups is 3. The van der Waals surface area contributed by atoms with E-state index in [-0.39, 0.29) is 17.2 Å². The van der Waals surface area contributed by atoms with Crippen LogP contribution in [0.1, 0.15) is 20.8 Å². The van der Waals surface area contributed by atoms with Gasteiger partial charge in [0.1, 0.15) is 37.1 Å². The summed E-state index contributed by atoms with van der Waals surface area (Å²) >= 11 is 0. The number of benzene rings is 3. The van der Waals surface area contributed by atoms with E-state index in [1.54, 1.807) is 18.2 Å². The molecule has 3 unspecified atom stereocenters. The van der Waals surface area contributed by atoms with Crippen molar-refractivity contribution in [2.45, 2.75) is 70.8 Å². The predicted octanol–water partition coefficient (Wildman–Crippen LogP) is 6.86. The van der Waals surface area contributed by atoms with E-state index in [2.05, 4.69) is 0 Å². The van der Waals surface area contributed by atoms with Crippen LogP contribution in [0.25, 0.3) is 0 Å². The summed E-state index contributed by atoms with van der Waals surface area (Å²) in [5, 5.41) is 29.3. The lowest BCUT2D eigenvalue weighted by Gasteiger charge is -2.26. The maximum Gasteiger partial charge on any atom is 0.420 e. The average Bonchev–Trinajstić information content (AvgIpc) is 2.93. The maximum absolute atomic E-state index is 13.2. The van der Waals surface area contributed by atoms with Gasteiger partial charge < -0.3 is 29.5 Å². The number of hydrogen-bond acceptors (Lipinski definition) is 6. The third-order valence-corrected chi connectivity index (χ3v) is 8.69. The van der Waals surface area contributed by atoms with Gasteiger partial charge in [0.05, 0.1) is 10.9 Å². The molecule has 3 aromatic rings. The van der Waals surface area contributed by atoms with Gasteiger partial charge in [-0.25, -0.2) is 0 Å². The first kappa shape index (κ1) is 37.1. The molecular formula is C30H30F9O6S+. The standard InChI is InChI=1S/C30H30F9O6S/c1-25(40,28(31,32)33)16-43-19-7-4-10-22(13-19)46(23-11-5-8-20(14-23)44-17-26(2,41)29(34,35)36)24-12-6-9-21(15-24)45-18-27(3,42)30(37,38)39/h4-15,40-42H,16-18H2,1-3H3/q+1. The van der Waals surface area contributed by atoms with Crippen LogP contribution in [0.2, 0.25) is 0 Å². The molecular weight excluding hydrogens is 659 g/mol. The van der Waals surface area contributed by atoms with E-state index in [1.165, 1.54) is 54.6 Å². The van der Waals surface area contributed by atoms with E-state index in [1.807, 2.05) is 0 Å². The number of hydrogen-bond donors (Lipinski definition) is 3. The summed E-state index contributed by atoms with van der Waals surface area (Å²) < 4.78 is 134. The van der Waals surface area contributed by atoms with E-state index in [9.17, 15) is 54.8 Å². The van der Waals surface area contributed by atoms with Crippen molar-refractivity contribution in [3.05, 3.63) is 72.8 Å². The first-order chi connectivity index (χ1) is 20.9. The van der Waals surface area contributed by atoms with Crippen molar-refractivity contribution < 1.29 is 69.0 Å². The lowest BCUT2D eigenvalue weighted by molar-refractivity contribution is -0.260. The van der Waals surface area contributed by atoms with Gasteiger partial charge in [-0.3, -0.25) is 0 Å². The van der Waals surface area contributed by atoms with Crippen molar-refractivity contribution >= 4 is 10.9 Å². The lowest BCUT2D eigenvalue weighted by Crippen LogP contribution is -2.47. The van der Waals surface area contributed by atoms with Gasteiger partial charge in [-0.1, -0.05) is 18.2 Å². The summed E-state index contributed by atoms with van der Waals surface area (Å²) in [5.74, 6) is -0.245. The predicted molar refractivity (Wildman–Crippen MR) is 148 cm³/mol. The Kier molecular flexibility index (Phi) is 10.8. The summed E-state index contributed by atoms with van der Waals surface area (Å²) in [7, 11) is -1.27. The van der Waals surface area contributed by atoms with Crippen molar-refractivity contribution in [1.29, 1.82) is 0 Å². The summed E-state index contributed by atoms with van der Waals surface area (Å²) in [6.45, 7) is -1.87. The molecule has 0 aliphatic carbocycles. The van der Waals surface area contributed by atoms with Gasteiger partial charge in [-0.05, 0) is 57.2 Å². The van der Waals surface area contributed by atoms with Gasteiger partial charge in [-0.15, -0.1) is 0 Å². The first-order valence-corrected chi connectivity index (χ1v) is 14.5. The fraction of sp³-hybridized carbons (Fsp3) is 0.400. The SMILES string of the molecule is CC(O)(COc1cccc([S+](c2cccc(OCC(C)(O)C(F)(F)F)c2)c2cccc(OCC(C)(O)C(F)(F)F)c2)c1)C(F)(F)F. The van der Waals surface area contributed by atoms with Gasteiger partial charge in [-0.2, -0.15) is 39.5 Å². The molecule has 0 aliphatic rings.